The Kier molecular flexibility index (Phi) is 3.02. The molecule has 0 aromatic rings. The SMILES string of the molecule is C=CCCC1(C)C(=O)CCCC1=O. The number of ketones is 2. The van der Waals surface area contributed by atoms with Crippen LogP contribution in [0.1, 0.15) is 39.0 Å². The molecule has 1 rings (SSSR count). The van der Waals surface area contributed by atoms with Crippen molar-refractivity contribution in [1.29, 1.82) is 0 Å². The topological polar surface area (TPSA) is 34.1 Å². The van der Waals surface area contributed by atoms with Crippen LogP contribution in [0.5, 0.6) is 0 Å². The van der Waals surface area contributed by atoms with E-state index in [4.69, 9.17) is 0 Å². The molecule has 0 amide bonds. The Balaban J connectivity index is 2.75. The average molecular weight is 180 g/mol. The van der Waals surface area contributed by atoms with E-state index in [-0.39, 0.29) is 11.6 Å². The smallest absolute Gasteiger partial charge is 0.146 e. The van der Waals surface area contributed by atoms with Gasteiger partial charge in [0.15, 0.2) is 0 Å². The lowest BCUT2D eigenvalue weighted by molar-refractivity contribution is -0.143. The van der Waals surface area contributed by atoms with Gasteiger partial charge in [0.25, 0.3) is 0 Å². The molecule has 72 valence electrons. The van der Waals surface area contributed by atoms with Crippen molar-refractivity contribution in [3.63, 3.8) is 0 Å². The zero-order valence-corrected chi connectivity index (χ0v) is 8.14. The van der Waals surface area contributed by atoms with Crippen LogP contribution >= 0.6 is 0 Å². The van der Waals surface area contributed by atoms with Crippen molar-refractivity contribution >= 4 is 11.6 Å². The van der Waals surface area contributed by atoms with Crippen LogP contribution < -0.4 is 0 Å². The molecule has 1 aliphatic rings. The molecule has 2 nitrogen and oxygen atoms in total. The van der Waals surface area contributed by atoms with E-state index in [1.54, 1.807) is 13.0 Å². The molecule has 2 heteroatoms. The van der Waals surface area contributed by atoms with Gasteiger partial charge in [-0.05, 0) is 26.2 Å². The number of rotatable bonds is 3. The Bertz CT molecular complexity index is 224. The summed E-state index contributed by atoms with van der Waals surface area (Å²) in [7, 11) is 0. The molecule has 0 saturated heterocycles. The van der Waals surface area contributed by atoms with E-state index < -0.39 is 5.41 Å². The fourth-order valence-electron chi connectivity index (χ4n) is 1.79. The monoisotopic (exact) mass is 180 g/mol. The molecule has 0 aliphatic heterocycles. The maximum Gasteiger partial charge on any atom is 0.146 e. The van der Waals surface area contributed by atoms with Gasteiger partial charge >= 0.3 is 0 Å². The number of allylic oxidation sites excluding steroid dienone is 1. The van der Waals surface area contributed by atoms with E-state index >= 15 is 0 Å². The highest BCUT2D eigenvalue weighted by Crippen LogP contribution is 2.33. The molecule has 0 aromatic carbocycles. The van der Waals surface area contributed by atoms with E-state index in [0.717, 1.165) is 12.8 Å². The van der Waals surface area contributed by atoms with Crippen LogP contribution in [-0.4, -0.2) is 11.6 Å². The van der Waals surface area contributed by atoms with Gasteiger partial charge in [-0.25, -0.2) is 0 Å². The van der Waals surface area contributed by atoms with E-state index in [0.29, 0.717) is 19.3 Å². The van der Waals surface area contributed by atoms with Crippen LogP contribution in [-0.2, 0) is 9.59 Å². The minimum Gasteiger partial charge on any atom is -0.299 e. The number of carbonyl (C=O) groups is 2. The van der Waals surface area contributed by atoms with Gasteiger partial charge in [-0.3, -0.25) is 9.59 Å². The first-order valence-electron chi connectivity index (χ1n) is 4.79. The quantitative estimate of drug-likeness (QED) is 0.493. The zero-order chi connectivity index (χ0) is 9.90. The molecule has 0 atom stereocenters. The van der Waals surface area contributed by atoms with Gasteiger partial charge in [0.1, 0.15) is 11.6 Å². The lowest BCUT2D eigenvalue weighted by Crippen LogP contribution is -2.39. The molecule has 0 bridgehead atoms. The van der Waals surface area contributed by atoms with Crippen LogP contribution in [0.15, 0.2) is 12.7 Å². The maximum atomic E-state index is 11.6. The van der Waals surface area contributed by atoms with Gasteiger partial charge in [0, 0.05) is 12.8 Å². The summed E-state index contributed by atoms with van der Waals surface area (Å²) in [5.41, 5.74) is -0.702. The summed E-state index contributed by atoms with van der Waals surface area (Å²) < 4.78 is 0. The van der Waals surface area contributed by atoms with Crippen molar-refractivity contribution in [2.24, 2.45) is 5.41 Å². The van der Waals surface area contributed by atoms with Gasteiger partial charge in [-0.15, -0.1) is 6.58 Å². The summed E-state index contributed by atoms with van der Waals surface area (Å²) in [4.78, 5) is 23.2. The minimum atomic E-state index is -0.702. The summed E-state index contributed by atoms with van der Waals surface area (Å²) in [6, 6.07) is 0. The summed E-state index contributed by atoms with van der Waals surface area (Å²) in [5, 5.41) is 0. The van der Waals surface area contributed by atoms with Crippen molar-refractivity contribution in [2.75, 3.05) is 0 Å². The molecule has 0 radical (unpaired) electrons. The molecule has 0 heterocycles. The fourth-order valence-corrected chi connectivity index (χ4v) is 1.79. The van der Waals surface area contributed by atoms with Gasteiger partial charge in [0.05, 0.1) is 5.41 Å². The molecular weight excluding hydrogens is 164 g/mol. The lowest BCUT2D eigenvalue weighted by atomic mass is 9.71. The molecule has 1 saturated carbocycles. The molecule has 13 heavy (non-hydrogen) atoms. The number of hydrogen-bond acceptors (Lipinski definition) is 2. The van der Waals surface area contributed by atoms with E-state index in [2.05, 4.69) is 6.58 Å². The Morgan fingerprint density at radius 2 is 1.92 bits per heavy atom. The molecule has 1 fully saturated rings. The van der Waals surface area contributed by atoms with Crippen molar-refractivity contribution in [3.05, 3.63) is 12.7 Å². The second kappa shape index (κ2) is 3.86. The fraction of sp³-hybridized carbons (Fsp3) is 0.636. The normalized spacial score (nSPS) is 21.6. The van der Waals surface area contributed by atoms with Crippen molar-refractivity contribution in [3.8, 4) is 0 Å². The van der Waals surface area contributed by atoms with Crippen molar-refractivity contribution < 1.29 is 9.59 Å². The maximum absolute atomic E-state index is 11.6. The Labute approximate surface area is 79.0 Å². The minimum absolute atomic E-state index is 0.116. The third-order valence-corrected chi connectivity index (χ3v) is 2.89. The number of carbonyl (C=O) groups excluding carboxylic acids is 2. The number of Topliss-reactive ketones (excluding diaryl/α,β-unsaturated/α-hetero) is 2. The molecule has 0 aromatic heterocycles. The second-order valence-electron chi connectivity index (χ2n) is 3.86. The second-order valence-corrected chi connectivity index (χ2v) is 3.86. The highest BCUT2D eigenvalue weighted by Gasteiger charge is 2.41. The molecule has 0 N–H and O–H groups in total. The first-order chi connectivity index (χ1) is 6.11. The van der Waals surface area contributed by atoms with Gasteiger partial charge in [0.2, 0.25) is 0 Å². The predicted molar refractivity (Wildman–Crippen MR) is 51.4 cm³/mol. The van der Waals surface area contributed by atoms with Crippen molar-refractivity contribution in [1.82, 2.24) is 0 Å². The molecular formula is C11H16O2. The van der Waals surface area contributed by atoms with Gasteiger partial charge < -0.3 is 0 Å². The highest BCUT2D eigenvalue weighted by atomic mass is 16.2. The highest BCUT2D eigenvalue weighted by molar-refractivity contribution is 6.08. The van der Waals surface area contributed by atoms with Crippen LogP contribution in [0.2, 0.25) is 0 Å². The van der Waals surface area contributed by atoms with Crippen LogP contribution in [0, 0.1) is 5.41 Å². The summed E-state index contributed by atoms with van der Waals surface area (Å²) in [6.45, 7) is 5.38. The van der Waals surface area contributed by atoms with Crippen LogP contribution in [0.25, 0.3) is 0 Å². The summed E-state index contributed by atoms with van der Waals surface area (Å²) in [6.07, 6.45) is 5.02. The van der Waals surface area contributed by atoms with E-state index in [1.807, 2.05) is 0 Å². The first kappa shape index (κ1) is 10.2. The third kappa shape index (κ3) is 1.87. The molecule has 0 unspecified atom stereocenters. The van der Waals surface area contributed by atoms with Gasteiger partial charge in [-0.2, -0.15) is 0 Å². The van der Waals surface area contributed by atoms with Crippen LogP contribution in [0.3, 0.4) is 0 Å². The Hall–Kier alpha value is -0.920. The molecule has 1 aliphatic carbocycles. The Morgan fingerprint density at radius 3 is 2.38 bits per heavy atom. The standard InChI is InChI=1S/C11H16O2/c1-3-4-8-11(2)9(12)6-5-7-10(11)13/h3H,1,4-8H2,2H3. The average Bonchev–Trinajstić information content (AvgIpc) is 2.11. The zero-order valence-electron chi connectivity index (χ0n) is 8.14. The number of hydrogen-bond donors (Lipinski definition) is 0. The third-order valence-electron chi connectivity index (χ3n) is 2.89. The van der Waals surface area contributed by atoms with Gasteiger partial charge in [-0.1, -0.05) is 6.08 Å². The van der Waals surface area contributed by atoms with E-state index in [9.17, 15) is 9.59 Å². The Morgan fingerprint density at radius 1 is 1.38 bits per heavy atom. The lowest BCUT2D eigenvalue weighted by Gasteiger charge is -2.29. The van der Waals surface area contributed by atoms with Crippen molar-refractivity contribution in [2.45, 2.75) is 39.0 Å². The van der Waals surface area contributed by atoms with E-state index in [1.165, 1.54) is 0 Å². The largest absolute Gasteiger partial charge is 0.299 e. The molecule has 0 spiro atoms. The van der Waals surface area contributed by atoms with Crippen LogP contribution in [0.4, 0.5) is 0 Å². The summed E-state index contributed by atoms with van der Waals surface area (Å²) in [5.74, 6) is 0.233. The summed E-state index contributed by atoms with van der Waals surface area (Å²) >= 11 is 0. The predicted octanol–water partition coefficient (Wildman–Crippen LogP) is 2.28. The first-order valence-corrected chi connectivity index (χ1v) is 4.79.